The van der Waals surface area contributed by atoms with E-state index in [9.17, 15) is 9.59 Å². The lowest BCUT2D eigenvalue weighted by atomic mass is 10.1. The Morgan fingerprint density at radius 2 is 1.86 bits per heavy atom. The minimum Gasteiger partial charge on any atom is -0.449 e. The standard InChI is InChI=1S/C16H24N2O3/c1-5-7-12(3)15(19)17-13-8-10-14(11-9-13)18(4)16(20)21-6-2/h8-12H,5-7H2,1-4H3,(H,17,19). The highest BCUT2D eigenvalue weighted by atomic mass is 16.6. The third-order valence-corrected chi connectivity index (χ3v) is 3.23. The van der Waals surface area contributed by atoms with Gasteiger partial charge in [-0.15, -0.1) is 0 Å². The van der Waals surface area contributed by atoms with Crippen molar-refractivity contribution in [3.63, 3.8) is 0 Å². The third kappa shape index (κ3) is 5.10. The summed E-state index contributed by atoms with van der Waals surface area (Å²) in [6.07, 6.45) is 1.46. The van der Waals surface area contributed by atoms with Gasteiger partial charge in [0.15, 0.2) is 0 Å². The van der Waals surface area contributed by atoms with Crippen LogP contribution in [0, 0.1) is 5.92 Å². The van der Waals surface area contributed by atoms with Crippen LogP contribution in [0.3, 0.4) is 0 Å². The van der Waals surface area contributed by atoms with Gasteiger partial charge in [0.05, 0.1) is 6.61 Å². The first kappa shape index (κ1) is 17.0. The van der Waals surface area contributed by atoms with Crippen LogP contribution in [0.25, 0.3) is 0 Å². The molecule has 0 heterocycles. The first-order valence-electron chi connectivity index (χ1n) is 7.31. The van der Waals surface area contributed by atoms with Gasteiger partial charge in [0.25, 0.3) is 0 Å². The molecule has 116 valence electrons. The molecule has 5 nitrogen and oxygen atoms in total. The summed E-state index contributed by atoms with van der Waals surface area (Å²) < 4.78 is 4.93. The predicted octanol–water partition coefficient (Wildman–Crippen LogP) is 3.65. The number of hydrogen-bond acceptors (Lipinski definition) is 3. The number of nitrogens with one attached hydrogen (secondary N) is 1. The second kappa shape index (κ2) is 8.29. The highest BCUT2D eigenvalue weighted by Crippen LogP contribution is 2.18. The molecule has 0 spiro atoms. The largest absolute Gasteiger partial charge is 0.449 e. The first-order chi connectivity index (χ1) is 9.99. The molecule has 0 radical (unpaired) electrons. The summed E-state index contributed by atoms with van der Waals surface area (Å²) in [6.45, 7) is 6.08. The Labute approximate surface area is 126 Å². The smallest absolute Gasteiger partial charge is 0.413 e. The SMILES string of the molecule is CCCC(C)C(=O)Nc1ccc(N(C)C(=O)OCC)cc1. The molecule has 0 aliphatic heterocycles. The Kier molecular flexibility index (Phi) is 6.72. The van der Waals surface area contributed by atoms with Gasteiger partial charge in [-0.3, -0.25) is 9.69 Å². The number of benzene rings is 1. The molecule has 0 fully saturated rings. The third-order valence-electron chi connectivity index (χ3n) is 3.23. The number of carbonyl (C=O) groups is 2. The van der Waals surface area contributed by atoms with Gasteiger partial charge in [0.1, 0.15) is 0 Å². The van der Waals surface area contributed by atoms with Crippen molar-refractivity contribution in [1.82, 2.24) is 0 Å². The van der Waals surface area contributed by atoms with Crippen LogP contribution in [-0.2, 0) is 9.53 Å². The van der Waals surface area contributed by atoms with E-state index in [2.05, 4.69) is 12.2 Å². The number of nitrogens with zero attached hydrogens (tertiary/aromatic N) is 1. The highest BCUT2D eigenvalue weighted by Gasteiger charge is 2.13. The van der Waals surface area contributed by atoms with Crippen molar-refractivity contribution in [3.05, 3.63) is 24.3 Å². The van der Waals surface area contributed by atoms with Crippen LogP contribution in [0.4, 0.5) is 16.2 Å². The minimum absolute atomic E-state index is 0.00289. The molecular weight excluding hydrogens is 268 g/mol. The molecule has 0 saturated carbocycles. The van der Waals surface area contributed by atoms with E-state index in [4.69, 9.17) is 4.74 Å². The summed E-state index contributed by atoms with van der Waals surface area (Å²) in [5, 5.41) is 2.87. The van der Waals surface area contributed by atoms with Crippen LogP contribution in [0.2, 0.25) is 0 Å². The molecule has 2 amide bonds. The maximum atomic E-state index is 11.9. The molecule has 1 aromatic carbocycles. The van der Waals surface area contributed by atoms with Crippen molar-refractivity contribution < 1.29 is 14.3 Å². The summed E-state index contributed by atoms with van der Waals surface area (Å²) >= 11 is 0. The van der Waals surface area contributed by atoms with Gasteiger partial charge >= 0.3 is 6.09 Å². The van der Waals surface area contributed by atoms with E-state index >= 15 is 0 Å². The fraction of sp³-hybridized carbons (Fsp3) is 0.500. The molecular formula is C16H24N2O3. The first-order valence-corrected chi connectivity index (χ1v) is 7.31. The lowest BCUT2D eigenvalue weighted by molar-refractivity contribution is -0.119. The molecule has 0 saturated heterocycles. The Morgan fingerprint density at radius 1 is 1.24 bits per heavy atom. The number of rotatable bonds is 6. The van der Waals surface area contributed by atoms with Crippen LogP contribution in [0.15, 0.2) is 24.3 Å². The van der Waals surface area contributed by atoms with Crippen LogP contribution < -0.4 is 10.2 Å². The van der Waals surface area contributed by atoms with E-state index in [1.165, 1.54) is 4.90 Å². The van der Waals surface area contributed by atoms with Gasteiger partial charge in [-0.2, -0.15) is 0 Å². The molecule has 21 heavy (non-hydrogen) atoms. The lowest BCUT2D eigenvalue weighted by Gasteiger charge is -2.17. The van der Waals surface area contributed by atoms with Gasteiger partial charge in [-0.1, -0.05) is 20.3 Å². The van der Waals surface area contributed by atoms with Crippen LogP contribution in [-0.4, -0.2) is 25.7 Å². The fourth-order valence-corrected chi connectivity index (χ4v) is 1.92. The van der Waals surface area contributed by atoms with Gasteiger partial charge in [-0.05, 0) is 37.6 Å². The van der Waals surface area contributed by atoms with Crippen LogP contribution >= 0.6 is 0 Å². The van der Waals surface area contributed by atoms with E-state index in [1.807, 2.05) is 6.92 Å². The Bertz CT molecular complexity index is 471. The monoisotopic (exact) mass is 292 g/mol. The Hall–Kier alpha value is -2.04. The van der Waals surface area contributed by atoms with Gasteiger partial charge < -0.3 is 10.1 Å². The average molecular weight is 292 g/mol. The normalized spacial score (nSPS) is 11.6. The zero-order valence-electron chi connectivity index (χ0n) is 13.2. The van der Waals surface area contributed by atoms with Crippen molar-refractivity contribution in [2.45, 2.75) is 33.6 Å². The molecule has 0 aliphatic rings. The summed E-state index contributed by atoms with van der Waals surface area (Å²) in [4.78, 5) is 24.9. The van der Waals surface area contributed by atoms with Crippen molar-refractivity contribution in [2.75, 3.05) is 23.9 Å². The molecule has 1 unspecified atom stereocenters. The van der Waals surface area contributed by atoms with Crippen LogP contribution in [0.5, 0.6) is 0 Å². The summed E-state index contributed by atoms with van der Waals surface area (Å²) in [6, 6.07) is 7.11. The van der Waals surface area contributed by atoms with Crippen molar-refractivity contribution in [3.8, 4) is 0 Å². The van der Waals surface area contributed by atoms with E-state index in [-0.39, 0.29) is 11.8 Å². The zero-order chi connectivity index (χ0) is 15.8. The van der Waals surface area contributed by atoms with E-state index in [1.54, 1.807) is 38.2 Å². The quantitative estimate of drug-likeness (QED) is 0.870. The molecule has 1 aromatic rings. The van der Waals surface area contributed by atoms with Gasteiger partial charge in [-0.25, -0.2) is 4.79 Å². The second-order valence-electron chi connectivity index (χ2n) is 4.98. The van der Waals surface area contributed by atoms with Crippen molar-refractivity contribution in [2.24, 2.45) is 5.92 Å². The molecule has 0 bridgehead atoms. The fourth-order valence-electron chi connectivity index (χ4n) is 1.92. The maximum Gasteiger partial charge on any atom is 0.413 e. The average Bonchev–Trinajstić information content (AvgIpc) is 2.47. The number of anilines is 2. The summed E-state index contributed by atoms with van der Waals surface area (Å²) in [5.74, 6) is 0.0141. The molecule has 5 heteroatoms. The summed E-state index contributed by atoms with van der Waals surface area (Å²) in [7, 11) is 1.65. The zero-order valence-corrected chi connectivity index (χ0v) is 13.2. The van der Waals surface area contributed by atoms with Gasteiger partial charge in [0.2, 0.25) is 5.91 Å². The minimum atomic E-state index is -0.397. The van der Waals surface area contributed by atoms with Gasteiger partial charge in [0, 0.05) is 24.3 Å². The number of hydrogen-bond donors (Lipinski definition) is 1. The molecule has 0 aliphatic carbocycles. The van der Waals surface area contributed by atoms with Crippen molar-refractivity contribution in [1.29, 1.82) is 0 Å². The molecule has 1 rings (SSSR count). The second-order valence-corrected chi connectivity index (χ2v) is 4.98. The van der Waals surface area contributed by atoms with E-state index < -0.39 is 6.09 Å². The molecule has 0 aromatic heterocycles. The topological polar surface area (TPSA) is 58.6 Å². The van der Waals surface area contributed by atoms with E-state index in [0.29, 0.717) is 12.3 Å². The number of ether oxygens (including phenoxy) is 1. The molecule has 1 atom stereocenters. The number of carbonyl (C=O) groups excluding carboxylic acids is 2. The van der Waals surface area contributed by atoms with E-state index in [0.717, 1.165) is 18.5 Å². The summed E-state index contributed by atoms with van der Waals surface area (Å²) in [5.41, 5.74) is 1.44. The Morgan fingerprint density at radius 3 is 2.38 bits per heavy atom. The maximum absolute atomic E-state index is 11.9. The predicted molar refractivity (Wildman–Crippen MR) is 84.6 cm³/mol. The highest BCUT2D eigenvalue weighted by molar-refractivity contribution is 5.93. The number of amides is 2. The van der Waals surface area contributed by atoms with Crippen molar-refractivity contribution >= 4 is 23.4 Å². The van der Waals surface area contributed by atoms with Crippen LogP contribution in [0.1, 0.15) is 33.6 Å². The Balaban J connectivity index is 2.65. The lowest BCUT2D eigenvalue weighted by Crippen LogP contribution is -2.27. The molecule has 1 N–H and O–H groups in total.